The van der Waals surface area contributed by atoms with E-state index in [4.69, 9.17) is 0 Å². The normalized spacial score (nSPS) is 11.0. The molecule has 113 valence electrons. The largest absolute Gasteiger partial charge is 0.0721 e. The number of rotatable bonds is 3. The Labute approximate surface area is 143 Å². The molecule has 0 aliphatic carbocycles. The molecule has 0 aliphatic rings. The zero-order valence-corrected chi connectivity index (χ0v) is 15.7. The molecule has 0 spiro atoms. The molecular weight excluding hydrogens is 311 g/mol. The third kappa shape index (κ3) is 3.17. The molecule has 0 saturated heterocycles. The highest BCUT2D eigenvalue weighted by Crippen LogP contribution is 2.35. The van der Waals surface area contributed by atoms with Crippen LogP contribution in [0.15, 0.2) is 66.7 Å². The third-order valence-corrected chi connectivity index (χ3v) is 7.81. The van der Waals surface area contributed by atoms with Crippen LogP contribution in [0.4, 0.5) is 0 Å². The zero-order chi connectivity index (χ0) is 16.4. The van der Waals surface area contributed by atoms with Crippen LogP contribution in [-0.4, -0.2) is 10.2 Å². The summed E-state index contributed by atoms with van der Waals surface area (Å²) in [6.45, 7) is 6.65. The molecule has 0 saturated carbocycles. The van der Waals surface area contributed by atoms with Gasteiger partial charge in [0.25, 0.3) is 0 Å². The van der Waals surface area contributed by atoms with Crippen molar-refractivity contribution in [1.82, 2.24) is 0 Å². The van der Waals surface area contributed by atoms with Gasteiger partial charge in [-0.1, -0.05) is 71.9 Å². The molecule has 0 atom stereocenters. The van der Waals surface area contributed by atoms with Gasteiger partial charge in [0.05, 0.1) is 10.2 Å². The predicted octanol–water partition coefficient (Wildman–Crippen LogP) is 3.16. The number of benzene rings is 3. The summed E-state index contributed by atoms with van der Waals surface area (Å²) in [5.74, 6) is 0. The molecule has 0 fully saturated rings. The predicted molar refractivity (Wildman–Crippen MR) is 105 cm³/mol. The van der Waals surface area contributed by atoms with Gasteiger partial charge in [-0.2, -0.15) is 0 Å². The maximum atomic E-state index is 3.87. The average Bonchev–Trinajstić information content (AvgIpc) is 2.53. The van der Waals surface area contributed by atoms with E-state index in [-0.39, 0.29) is 0 Å². The quantitative estimate of drug-likeness (QED) is 0.511. The molecule has 0 aromatic heterocycles. The molecule has 0 amide bonds. The zero-order valence-electron chi connectivity index (χ0n) is 13.8. The lowest BCUT2D eigenvalue weighted by molar-refractivity contribution is 1.50. The fraction of sp³-hybridized carbons (Fsp3) is 0.143. The van der Waals surface area contributed by atoms with E-state index >= 15 is 0 Å². The van der Waals surface area contributed by atoms with Gasteiger partial charge in [-0.3, -0.25) is 0 Å². The molecule has 0 bridgehead atoms. The van der Waals surface area contributed by atoms with Gasteiger partial charge in [0.2, 0.25) is 0 Å². The van der Waals surface area contributed by atoms with Gasteiger partial charge in [-0.25, -0.2) is 0 Å². The van der Waals surface area contributed by atoms with Gasteiger partial charge in [-0.05, 0) is 61.3 Å². The van der Waals surface area contributed by atoms with E-state index in [9.17, 15) is 0 Å². The number of hydrogen-bond acceptors (Lipinski definition) is 0. The third-order valence-electron chi connectivity index (χ3n) is 4.17. The summed E-state index contributed by atoms with van der Waals surface area (Å²) in [5, 5.41) is 5.49. The van der Waals surface area contributed by atoms with E-state index in [0.29, 0.717) is 0 Å². The van der Waals surface area contributed by atoms with Crippen LogP contribution < -0.4 is 21.1 Å². The van der Waals surface area contributed by atoms with Gasteiger partial charge >= 0.3 is 0 Å². The Hall–Kier alpha value is -1.69. The smallest absolute Gasteiger partial charge is 0.0632 e. The van der Waals surface area contributed by atoms with Gasteiger partial charge in [0.1, 0.15) is 0 Å². The molecule has 3 rings (SSSR count). The molecule has 23 heavy (non-hydrogen) atoms. The first-order valence-electron chi connectivity index (χ1n) is 7.82. The fourth-order valence-corrected chi connectivity index (χ4v) is 6.39. The first-order chi connectivity index (χ1) is 11.1. The molecule has 0 N–H and O–H groups in total. The summed E-state index contributed by atoms with van der Waals surface area (Å²) in [6, 6.07) is 24.0. The molecule has 0 nitrogen and oxygen atoms in total. The summed E-state index contributed by atoms with van der Waals surface area (Å²) in [6.07, 6.45) is 0. The van der Waals surface area contributed by atoms with Crippen molar-refractivity contribution < 1.29 is 0 Å². The van der Waals surface area contributed by atoms with Crippen LogP contribution in [0.5, 0.6) is 0 Å². The second-order valence-electron chi connectivity index (χ2n) is 5.88. The Morgan fingerprint density at radius 1 is 0.609 bits per heavy atom. The minimum atomic E-state index is -0.578. The highest BCUT2D eigenvalue weighted by Gasteiger charge is 2.22. The summed E-state index contributed by atoms with van der Waals surface area (Å²) < 4.78 is 0. The Balaban J connectivity index is 2.32. The average molecular weight is 331 g/mol. The van der Waals surface area contributed by atoms with Crippen molar-refractivity contribution >= 4 is 39.3 Å². The standard InChI is InChI=1S/C21H20PSi/c1-15-9-4-6-12-18(15)22(19-13-7-5-10-16(19)2)21-17(3)11-8-14-20(21)23/h4-14H,1-3H3. The van der Waals surface area contributed by atoms with E-state index in [2.05, 4.69) is 97.7 Å². The number of aryl methyl sites for hydroxylation is 3. The van der Waals surface area contributed by atoms with Crippen molar-refractivity contribution in [3.05, 3.63) is 83.4 Å². The molecule has 0 aliphatic heterocycles. The monoisotopic (exact) mass is 331 g/mol. The lowest BCUT2D eigenvalue weighted by Crippen LogP contribution is -2.34. The van der Waals surface area contributed by atoms with Crippen LogP contribution in [-0.2, 0) is 0 Å². The minimum absolute atomic E-state index is 0.578. The topological polar surface area (TPSA) is 0 Å². The maximum Gasteiger partial charge on any atom is 0.0721 e. The van der Waals surface area contributed by atoms with E-state index in [0.717, 1.165) is 0 Å². The molecule has 0 heterocycles. The first kappa shape index (κ1) is 16.2. The summed E-state index contributed by atoms with van der Waals surface area (Å²) in [5.41, 5.74) is 4.06. The Morgan fingerprint density at radius 2 is 1.09 bits per heavy atom. The van der Waals surface area contributed by atoms with Gasteiger partial charge in [0.15, 0.2) is 0 Å². The fourth-order valence-electron chi connectivity index (χ4n) is 2.96. The highest BCUT2D eigenvalue weighted by molar-refractivity contribution is 7.80. The minimum Gasteiger partial charge on any atom is -0.0632 e. The van der Waals surface area contributed by atoms with Gasteiger partial charge < -0.3 is 0 Å². The molecule has 3 aromatic rings. The van der Waals surface area contributed by atoms with Crippen molar-refractivity contribution in [3.8, 4) is 0 Å². The van der Waals surface area contributed by atoms with Crippen LogP contribution >= 0.6 is 7.92 Å². The van der Waals surface area contributed by atoms with Crippen molar-refractivity contribution in [2.45, 2.75) is 20.8 Å². The summed E-state index contributed by atoms with van der Waals surface area (Å²) >= 11 is 0. The molecule has 3 radical (unpaired) electrons. The van der Waals surface area contributed by atoms with Crippen LogP contribution in [0, 0.1) is 20.8 Å². The molecular formula is C21H20PSi. The van der Waals surface area contributed by atoms with Crippen molar-refractivity contribution in [2.24, 2.45) is 0 Å². The lowest BCUT2D eigenvalue weighted by Gasteiger charge is -2.26. The van der Waals surface area contributed by atoms with E-state index < -0.39 is 7.92 Å². The molecule has 3 aromatic carbocycles. The van der Waals surface area contributed by atoms with Gasteiger partial charge in [-0.15, -0.1) is 0 Å². The van der Waals surface area contributed by atoms with Gasteiger partial charge in [0, 0.05) is 0 Å². The van der Waals surface area contributed by atoms with Crippen molar-refractivity contribution in [2.75, 3.05) is 0 Å². The van der Waals surface area contributed by atoms with E-state index in [1.54, 1.807) is 0 Å². The molecule has 2 heteroatoms. The summed E-state index contributed by atoms with van der Waals surface area (Å²) in [4.78, 5) is 0. The Bertz CT molecular complexity index is 773. The second-order valence-corrected chi connectivity index (χ2v) is 8.50. The van der Waals surface area contributed by atoms with E-state index in [1.165, 1.54) is 37.8 Å². The highest BCUT2D eigenvalue weighted by atomic mass is 31.1. The molecule has 0 unspecified atom stereocenters. The van der Waals surface area contributed by atoms with Crippen LogP contribution in [0.25, 0.3) is 0 Å². The Morgan fingerprint density at radius 3 is 1.57 bits per heavy atom. The first-order valence-corrected chi connectivity index (χ1v) is 9.66. The second kappa shape index (κ2) is 6.82. The lowest BCUT2D eigenvalue weighted by atomic mass is 10.2. The van der Waals surface area contributed by atoms with Crippen molar-refractivity contribution in [1.29, 1.82) is 0 Å². The number of hydrogen-bond donors (Lipinski definition) is 0. The van der Waals surface area contributed by atoms with Crippen LogP contribution in [0.3, 0.4) is 0 Å². The van der Waals surface area contributed by atoms with Crippen LogP contribution in [0.2, 0.25) is 0 Å². The van der Waals surface area contributed by atoms with E-state index in [1.807, 2.05) is 0 Å². The SMILES string of the molecule is Cc1ccccc1P(c1ccccc1C)c1c(C)cccc1[Si]. The maximum absolute atomic E-state index is 3.87. The van der Waals surface area contributed by atoms with Crippen LogP contribution in [0.1, 0.15) is 16.7 Å². The summed E-state index contributed by atoms with van der Waals surface area (Å²) in [7, 11) is 3.29. The Kier molecular flexibility index (Phi) is 4.80. The van der Waals surface area contributed by atoms with Crippen molar-refractivity contribution in [3.63, 3.8) is 0 Å².